The highest BCUT2D eigenvalue weighted by Crippen LogP contribution is 2.20. The van der Waals surface area contributed by atoms with E-state index in [9.17, 15) is 4.79 Å². The van der Waals surface area contributed by atoms with E-state index in [1.807, 2.05) is 57.2 Å². The van der Waals surface area contributed by atoms with Gasteiger partial charge in [-0.25, -0.2) is 0 Å². The van der Waals surface area contributed by atoms with Crippen LogP contribution in [0.25, 0.3) is 0 Å². The lowest BCUT2D eigenvalue weighted by Gasteiger charge is -2.18. The number of carbonyl (C=O) groups is 1. The molecule has 0 aliphatic heterocycles. The Morgan fingerprint density at radius 2 is 1.85 bits per heavy atom. The summed E-state index contributed by atoms with van der Waals surface area (Å²) in [5.74, 6) is 1.61. The van der Waals surface area contributed by atoms with E-state index in [-0.39, 0.29) is 5.91 Å². The molecule has 1 amide bonds. The van der Waals surface area contributed by atoms with Crippen molar-refractivity contribution in [2.24, 2.45) is 0 Å². The van der Waals surface area contributed by atoms with Crippen LogP contribution in [-0.2, 0) is 11.2 Å². The largest absolute Gasteiger partial charge is 0.494 e. The summed E-state index contributed by atoms with van der Waals surface area (Å²) in [7, 11) is 0. The third kappa shape index (κ3) is 6.31. The van der Waals surface area contributed by atoms with Gasteiger partial charge in [0.05, 0.1) is 6.61 Å². The molecule has 0 saturated heterocycles. The second-order valence-electron chi connectivity index (χ2n) is 6.70. The Bertz CT molecular complexity index is 742. The first-order valence-electron chi connectivity index (χ1n) is 9.77. The zero-order chi connectivity index (χ0) is 19.6. The highest BCUT2D eigenvalue weighted by molar-refractivity contribution is 5.81. The first kappa shape index (κ1) is 20.8. The Morgan fingerprint density at radius 3 is 2.56 bits per heavy atom. The molecule has 2 rings (SSSR count). The molecule has 0 spiro atoms. The van der Waals surface area contributed by atoms with Crippen LogP contribution in [0.3, 0.4) is 0 Å². The van der Waals surface area contributed by atoms with Gasteiger partial charge < -0.3 is 14.8 Å². The zero-order valence-corrected chi connectivity index (χ0v) is 16.9. The third-order valence-electron chi connectivity index (χ3n) is 4.61. The summed E-state index contributed by atoms with van der Waals surface area (Å²) in [6.07, 6.45) is 1.88. The summed E-state index contributed by atoms with van der Waals surface area (Å²) in [6.45, 7) is 9.32. The number of amides is 1. The van der Waals surface area contributed by atoms with Crippen molar-refractivity contribution in [2.45, 2.75) is 53.1 Å². The van der Waals surface area contributed by atoms with Crippen LogP contribution >= 0.6 is 0 Å². The molecule has 0 unspecified atom stereocenters. The van der Waals surface area contributed by atoms with E-state index in [0.717, 1.165) is 29.9 Å². The molecule has 27 heavy (non-hydrogen) atoms. The minimum Gasteiger partial charge on any atom is -0.494 e. The van der Waals surface area contributed by atoms with Crippen molar-refractivity contribution in [3.63, 3.8) is 0 Å². The summed E-state index contributed by atoms with van der Waals surface area (Å²) in [4.78, 5) is 12.5. The van der Waals surface area contributed by atoms with Crippen molar-refractivity contribution in [3.8, 4) is 11.5 Å². The van der Waals surface area contributed by atoms with Gasteiger partial charge in [-0.3, -0.25) is 4.79 Å². The molecule has 1 N–H and O–H groups in total. The van der Waals surface area contributed by atoms with Gasteiger partial charge in [0, 0.05) is 6.54 Å². The fourth-order valence-corrected chi connectivity index (χ4v) is 2.88. The number of nitrogens with one attached hydrogen (secondary N) is 1. The monoisotopic (exact) mass is 369 g/mol. The molecule has 2 aromatic rings. The lowest BCUT2D eigenvalue weighted by atomic mass is 10.1. The normalized spacial score (nSPS) is 11.7. The molecule has 0 aliphatic rings. The molecule has 4 heteroatoms. The van der Waals surface area contributed by atoms with E-state index < -0.39 is 6.10 Å². The number of hydrogen-bond acceptors (Lipinski definition) is 3. The summed E-state index contributed by atoms with van der Waals surface area (Å²) >= 11 is 0. The Balaban J connectivity index is 1.82. The van der Waals surface area contributed by atoms with Gasteiger partial charge >= 0.3 is 0 Å². The zero-order valence-electron chi connectivity index (χ0n) is 16.9. The number of hydrogen-bond donors (Lipinski definition) is 1. The van der Waals surface area contributed by atoms with Gasteiger partial charge in [-0.15, -0.1) is 0 Å². The number of para-hydroxylation sites is 1. The van der Waals surface area contributed by atoms with Crippen molar-refractivity contribution in [3.05, 3.63) is 59.2 Å². The summed E-state index contributed by atoms with van der Waals surface area (Å²) < 4.78 is 11.5. The van der Waals surface area contributed by atoms with E-state index in [1.165, 1.54) is 11.1 Å². The molecule has 2 aromatic carbocycles. The van der Waals surface area contributed by atoms with Gasteiger partial charge in [-0.05, 0) is 74.9 Å². The smallest absolute Gasteiger partial charge is 0.261 e. The Hall–Kier alpha value is -2.49. The van der Waals surface area contributed by atoms with E-state index >= 15 is 0 Å². The minimum absolute atomic E-state index is 0.0613. The first-order valence-corrected chi connectivity index (χ1v) is 9.77. The molecule has 0 aliphatic carbocycles. The van der Waals surface area contributed by atoms with Gasteiger partial charge in [0.2, 0.25) is 0 Å². The first-order chi connectivity index (χ1) is 13.0. The highest BCUT2D eigenvalue weighted by Gasteiger charge is 2.18. The van der Waals surface area contributed by atoms with Crippen LogP contribution in [0.5, 0.6) is 11.5 Å². The maximum absolute atomic E-state index is 12.5. The Labute approximate surface area is 162 Å². The van der Waals surface area contributed by atoms with E-state index in [0.29, 0.717) is 19.6 Å². The molecular formula is C23H31NO3. The molecule has 0 bridgehead atoms. The van der Waals surface area contributed by atoms with Gasteiger partial charge in [-0.1, -0.05) is 31.2 Å². The summed E-state index contributed by atoms with van der Waals surface area (Å²) in [6, 6.07) is 14.0. The number of carbonyl (C=O) groups excluding carboxylic acids is 1. The van der Waals surface area contributed by atoms with Crippen molar-refractivity contribution in [1.29, 1.82) is 0 Å². The van der Waals surface area contributed by atoms with E-state index in [2.05, 4.69) is 18.3 Å². The average molecular weight is 370 g/mol. The van der Waals surface area contributed by atoms with Gasteiger partial charge in [0.25, 0.3) is 5.91 Å². The minimum atomic E-state index is -0.470. The Morgan fingerprint density at radius 1 is 1.07 bits per heavy atom. The fraction of sp³-hybridized carbons (Fsp3) is 0.435. The van der Waals surface area contributed by atoms with Crippen LogP contribution < -0.4 is 14.8 Å². The topological polar surface area (TPSA) is 47.6 Å². The molecular weight excluding hydrogens is 338 g/mol. The molecule has 0 radical (unpaired) electrons. The number of ether oxygens (including phenoxy) is 2. The summed E-state index contributed by atoms with van der Waals surface area (Å²) in [5.41, 5.74) is 3.55. The van der Waals surface area contributed by atoms with Crippen molar-refractivity contribution < 1.29 is 14.3 Å². The lowest BCUT2D eigenvalue weighted by molar-refractivity contribution is -0.128. The van der Waals surface area contributed by atoms with E-state index in [4.69, 9.17) is 9.47 Å². The van der Waals surface area contributed by atoms with Crippen LogP contribution in [0.4, 0.5) is 0 Å². The van der Waals surface area contributed by atoms with E-state index in [1.54, 1.807) is 0 Å². The third-order valence-corrected chi connectivity index (χ3v) is 4.61. The van der Waals surface area contributed by atoms with Crippen LogP contribution in [-0.4, -0.2) is 25.2 Å². The van der Waals surface area contributed by atoms with Gasteiger partial charge in [0.1, 0.15) is 11.5 Å². The lowest BCUT2D eigenvalue weighted by Crippen LogP contribution is -2.38. The SMILES string of the molecule is CCOc1ccccc1CCCNC(=O)[C@H](CC)Oc1ccc(C)c(C)c1. The maximum atomic E-state index is 12.5. The molecule has 0 heterocycles. The van der Waals surface area contributed by atoms with Crippen molar-refractivity contribution in [2.75, 3.05) is 13.2 Å². The highest BCUT2D eigenvalue weighted by atomic mass is 16.5. The molecule has 1 atom stereocenters. The molecule has 0 aromatic heterocycles. The molecule has 0 fully saturated rings. The van der Waals surface area contributed by atoms with Gasteiger partial charge in [0.15, 0.2) is 6.10 Å². The van der Waals surface area contributed by atoms with Crippen LogP contribution in [0, 0.1) is 13.8 Å². The number of rotatable bonds is 10. The maximum Gasteiger partial charge on any atom is 0.261 e. The number of aryl methyl sites for hydroxylation is 3. The molecule has 4 nitrogen and oxygen atoms in total. The summed E-state index contributed by atoms with van der Waals surface area (Å²) in [5, 5.41) is 3.00. The Kier molecular flexibility index (Phi) is 8.18. The molecule has 146 valence electrons. The van der Waals surface area contributed by atoms with Crippen LogP contribution in [0.15, 0.2) is 42.5 Å². The van der Waals surface area contributed by atoms with Gasteiger partial charge in [-0.2, -0.15) is 0 Å². The predicted molar refractivity (Wildman–Crippen MR) is 110 cm³/mol. The fourth-order valence-electron chi connectivity index (χ4n) is 2.88. The average Bonchev–Trinajstić information content (AvgIpc) is 2.67. The second kappa shape index (κ2) is 10.6. The standard InChI is InChI=1S/C23H31NO3/c1-5-21(27-20-14-13-17(3)18(4)16-20)23(25)24-15-9-11-19-10-7-8-12-22(19)26-6-2/h7-8,10,12-14,16,21H,5-6,9,11,15H2,1-4H3,(H,24,25)/t21-/m0/s1. The number of benzene rings is 2. The van der Waals surface area contributed by atoms with Crippen molar-refractivity contribution >= 4 is 5.91 Å². The molecule has 0 saturated carbocycles. The van der Waals surface area contributed by atoms with Crippen LogP contribution in [0.1, 0.15) is 43.4 Å². The van der Waals surface area contributed by atoms with Crippen LogP contribution in [0.2, 0.25) is 0 Å². The quantitative estimate of drug-likeness (QED) is 0.622. The van der Waals surface area contributed by atoms with Crippen molar-refractivity contribution in [1.82, 2.24) is 5.32 Å². The predicted octanol–water partition coefficient (Wildman–Crippen LogP) is 4.61. The second-order valence-corrected chi connectivity index (χ2v) is 6.70.